The lowest BCUT2D eigenvalue weighted by Crippen LogP contribution is -2.26. The Morgan fingerprint density at radius 2 is 1.67 bits per heavy atom. The summed E-state index contributed by atoms with van der Waals surface area (Å²) in [6.07, 6.45) is 0. The molecule has 3 rings (SSSR count). The highest BCUT2D eigenvalue weighted by Gasteiger charge is 2.23. The van der Waals surface area contributed by atoms with Gasteiger partial charge >= 0.3 is 0 Å². The summed E-state index contributed by atoms with van der Waals surface area (Å²) in [5.74, 6) is 0.103. The number of hydrogen-bond donors (Lipinski definition) is 1. The molecule has 6 nitrogen and oxygen atoms in total. The Morgan fingerprint density at radius 1 is 1.00 bits per heavy atom. The van der Waals surface area contributed by atoms with Gasteiger partial charge in [-0.05, 0) is 54.6 Å². The van der Waals surface area contributed by atoms with Crippen LogP contribution < -0.4 is 14.4 Å². The molecule has 30 heavy (non-hydrogen) atoms. The summed E-state index contributed by atoms with van der Waals surface area (Å²) < 4.78 is 32.3. The Labute approximate surface area is 185 Å². The average Bonchev–Trinajstić information content (AvgIpc) is 2.76. The molecule has 0 aromatic heterocycles. The zero-order chi connectivity index (χ0) is 21.9. The van der Waals surface area contributed by atoms with Crippen molar-refractivity contribution >= 4 is 50.5 Å². The average molecular weight is 465 g/mol. The first kappa shape index (κ1) is 22.0. The van der Waals surface area contributed by atoms with Gasteiger partial charge in [0.25, 0.3) is 15.9 Å². The lowest BCUT2D eigenvalue weighted by atomic mass is 10.2. The van der Waals surface area contributed by atoms with Crippen LogP contribution >= 0.6 is 23.2 Å². The number of halogens is 2. The molecule has 0 unspecified atom stereocenters. The van der Waals surface area contributed by atoms with Crippen molar-refractivity contribution in [3.8, 4) is 5.75 Å². The molecule has 0 bridgehead atoms. The van der Waals surface area contributed by atoms with Gasteiger partial charge in [-0.1, -0.05) is 35.3 Å². The van der Waals surface area contributed by atoms with Crippen molar-refractivity contribution in [3.63, 3.8) is 0 Å². The fraction of sp³-hybridized carbons (Fsp3) is 0.0952. The zero-order valence-corrected chi connectivity index (χ0v) is 18.4. The molecule has 0 radical (unpaired) electrons. The molecule has 0 atom stereocenters. The number of carbonyl (C=O) groups excluding carboxylic acids is 1. The topological polar surface area (TPSA) is 75.7 Å². The molecule has 0 aliphatic rings. The van der Waals surface area contributed by atoms with E-state index in [4.69, 9.17) is 27.9 Å². The molecule has 0 fully saturated rings. The fourth-order valence-corrected chi connectivity index (χ4v) is 4.27. The summed E-state index contributed by atoms with van der Waals surface area (Å²) in [5, 5.41) is 3.14. The minimum Gasteiger partial charge on any atom is -0.497 e. The number of hydrogen-bond acceptors (Lipinski definition) is 4. The summed E-state index contributed by atoms with van der Waals surface area (Å²) in [6, 6.07) is 17.2. The van der Waals surface area contributed by atoms with E-state index in [1.54, 1.807) is 42.5 Å². The Kier molecular flexibility index (Phi) is 6.55. The maximum absolute atomic E-state index is 13.0. The molecule has 0 saturated carbocycles. The van der Waals surface area contributed by atoms with Gasteiger partial charge in [-0.3, -0.25) is 9.10 Å². The number of benzene rings is 3. The van der Waals surface area contributed by atoms with Crippen molar-refractivity contribution in [1.29, 1.82) is 0 Å². The highest BCUT2D eigenvalue weighted by atomic mass is 35.5. The quantitative estimate of drug-likeness (QED) is 0.551. The zero-order valence-electron chi connectivity index (χ0n) is 16.1. The van der Waals surface area contributed by atoms with E-state index < -0.39 is 15.9 Å². The Balaban J connectivity index is 1.87. The maximum Gasteiger partial charge on any atom is 0.264 e. The van der Waals surface area contributed by atoms with Crippen LogP contribution in [-0.4, -0.2) is 28.5 Å². The van der Waals surface area contributed by atoms with Gasteiger partial charge in [0.1, 0.15) is 5.75 Å². The number of sulfonamides is 1. The normalized spacial score (nSPS) is 11.1. The smallest absolute Gasteiger partial charge is 0.264 e. The Morgan fingerprint density at radius 3 is 2.33 bits per heavy atom. The standard InChI is InChI=1S/C21H18Cl2N2O4S/c1-25(15-9-11-16(29-2)12-10-15)30(27,28)17-6-3-5-14(13-17)21(26)24-19-8-4-7-18(22)20(19)23/h3-13H,1-2H3,(H,24,26). The largest absolute Gasteiger partial charge is 0.497 e. The Hall–Kier alpha value is -2.74. The molecule has 9 heteroatoms. The summed E-state index contributed by atoms with van der Waals surface area (Å²) in [6.45, 7) is 0. The highest BCUT2D eigenvalue weighted by Crippen LogP contribution is 2.30. The molecule has 1 N–H and O–H groups in total. The number of ether oxygens (including phenoxy) is 1. The number of amides is 1. The van der Waals surface area contributed by atoms with Gasteiger partial charge in [0.15, 0.2) is 0 Å². The third-order valence-corrected chi connectivity index (χ3v) is 6.99. The van der Waals surface area contributed by atoms with Crippen LogP contribution in [0.15, 0.2) is 71.6 Å². The van der Waals surface area contributed by atoms with Crippen LogP contribution in [0.4, 0.5) is 11.4 Å². The molecular weight excluding hydrogens is 447 g/mol. The number of methoxy groups -OCH3 is 1. The van der Waals surface area contributed by atoms with Crippen LogP contribution in [-0.2, 0) is 10.0 Å². The van der Waals surface area contributed by atoms with Gasteiger partial charge in [-0.2, -0.15) is 0 Å². The number of carbonyl (C=O) groups is 1. The first-order valence-corrected chi connectivity index (χ1v) is 10.9. The number of nitrogens with one attached hydrogen (secondary N) is 1. The van der Waals surface area contributed by atoms with E-state index >= 15 is 0 Å². The summed E-state index contributed by atoms with van der Waals surface area (Å²) in [4.78, 5) is 12.6. The van der Waals surface area contributed by atoms with E-state index in [1.165, 1.54) is 38.4 Å². The highest BCUT2D eigenvalue weighted by molar-refractivity contribution is 7.92. The van der Waals surface area contributed by atoms with Gasteiger partial charge in [0, 0.05) is 12.6 Å². The van der Waals surface area contributed by atoms with Gasteiger partial charge < -0.3 is 10.1 Å². The summed E-state index contributed by atoms with van der Waals surface area (Å²) in [7, 11) is -0.920. The van der Waals surface area contributed by atoms with Gasteiger partial charge in [-0.15, -0.1) is 0 Å². The van der Waals surface area contributed by atoms with Crippen LogP contribution in [0.1, 0.15) is 10.4 Å². The predicted molar refractivity (Wildman–Crippen MR) is 119 cm³/mol. The molecule has 1 amide bonds. The minimum atomic E-state index is -3.89. The van der Waals surface area contributed by atoms with E-state index in [9.17, 15) is 13.2 Å². The third-order valence-electron chi connectivity index (χ3n) is 4.39. The second kappa shape index (κ2) is 8.95. The number of anilines is 2. The molecule has 0 saturated heterocycles. The van der Waals surface area contributed by atoms with Gasteiger partial charge in [-0.25, -0.2) is 8.42 Å². The van der Waals surface area contributed by atoms with Crippen molar-refractivity contribution < 1.29 is 17.9 Å². The van der Waals surface area contributed by atoms with Crippen LogP contribution in [0.2, 0.25) is 10.0 Å². The van der Waals surface area contributed by atoms with E-state index in [-0.39, 0.29) is 15.5 Å². The monoisotopic (exact) mass is 464 g/mol. The second-order valence-corrected chi connectivity index (χ2v) is 9.01. The van der Waals surface area contributed by atoms with E-state index in [2.05, 4.69) is 5.32 Å². The molecule has 0 spiro atoms. The molecular formula is C21H18Cl2N2O4S. The molecule has 0 heterocycles. The SMILES string of the molecule is COc1ccc(N(C)S(=O)(=O)c2cccc(C(=O)Nc3cccc(Cl)c3Cl)c2)cc1. The molecule has 0 aliphatic heterocycles. The molecule has 3 aromatic rings. The summed E-state index contributed by atoms with van der Waals surface area (Å²) >= 11 is 12.1. The van der Waals surface area contributed by atoms with Gasteiger partial charge in [0.2, 0.25) is 0 Å². The van der Waals surface area contributed by atoms with E-state index in [1.807, 2.05) is 0 Å². The lowest BCUT2D eigenvalue weighted by Gasteiger charge is -2.20. The van der Waals surface area contributed by atoms with Crippen LogP contribution in [0, 0.1) is 0 Å². The van der Waals surface area contributed by atoms with E-state index in [0.717, 1.165) is 4.31 Å². The fourth-order valence-electron chi connectivity index (χ4n) is 2.68. The minimum absolute atomic E-state index is 0.0225. The first-order chi connectivity index (χ1) is 14.2. The second-order valence-electron chi connectivity index (χ2n) is 6.25. The van der Waals surface area contributed by atoms with Crippen LogP contribution in [0.5, 0.6) is 5.75 Å². The number of rotatable bonds is 6. The van der Waals surface area contributed by atoms with Gasteiger partial charge in [0.05, 0.1) is 33.4 Å². The van der Waals surface area contributed by atoms with Crippen molar-refractivity contribution in [3.05, 3.63) is 82.3 Å². The predicted octanol–water partition coefficient (Wildman–Crippen LogP) is 5.08. The number of nitrogens with zero attached hydrogens (tertiary/aromatic N) is 1. The van der Waals surface area contributed by atoms with Crippen LogP contribution in [0.25, 0.3) is 0 Å². The Bertz CT molecular complexity index is 1180. The van der Waals surface area contributed by atoms with E-state index in [0.29, 0.717) is 22.1 Å². The lowest BCUT2D eigenvalue weighted by molar-refractivity contribution is 0.102. The van der Waals surface area contributed by atoms with Crippen molar-refractivity contribution in [1.82, 2.24) is 0 Å². The van der Waals surface area contributed by atoms with Crippen molar-refractivity contribution in [2.45, 2.75) is 4.90 Å². The molecule has 3 aromatic carbocycles. The van der Waals surface area contributed by atoms with Crippen LogP contribution in [0.3, 0.4) is 0 Å². The third kappa shape index (κ3) is 4.53. The van der Waals surface area contributed by atoms with Crippen molar-refractivity contribution in [2.75, 3.05) is 23.8 Å². The molecule has 156 valence electrons. The van der Waals surface area contributed by atoms with Crippen molar-refractivity contribution in [2.24, 2.45) is 0 Å². The molecule has 0 aliphatic carbocycles. The first-order valence-electron chi connectivity index (χ1n) is 8.72. The maximum atomic E-state index is 13.0. The summed E-state index contributed by atoms with van der Waals surface area (Å²) in [5.41, 5.74) is 0.949.